The maximum Gasteiger partial charge on any atom is 0.276 e. The van der Waals surface area contributed by atoms with Gasteiger partial charge in [0.1, 0.15) is 18.1 Å². The van der Waals surface area contributed by atoms with Gasteiger partial charge in [-0.1, -0.05) is 12.1 Å². The van der Waals surface area contributed by atoms with Crippen LogP contribution in [0, 0.1) is 5.41 Å². The lowest BCUT2D eigenvalue weighted by Crippen LogP contribution is -2.28. The van der Waals surface area contributed by atoms with E-state index in [1.54, 1.807) is 6.07 Å². The molecule has 0 bridgehead atoms. The summed E-state index contributed by atoms with van der Waals surface area (Å²) in [5.41, 5.74) is 0.775. The highest BCUT2D eigenvalue weighted by Gasteiger charge is 2.22. The standard InChI is InChI=1S/C15H18N2O4/c16-14(15-17-20-10-9-19-15)11-5-1-2-6-12(11)21-13-7-3-4-8-18-13/h1-2,5-6,13,16H,3-4,7-10H2. The second kappa shape index (κ2) is 6.58. The fraction of sp³-hybridized carbons (Fsp3) is 0.467. The lowest BCUT2D eigenvalue weighted by molar-refractivity contribution is -0.105. The van der Waals surface area contributed by atoms with Crippen LogP contribution >= 0.6 is 0 Å². The first kappa shape index (κ1) is 13.9. The van der Waals surface area contributed by atoms with Crippen LogP contribution in [0.3, 0.4) is 0 Å². The molecule has 1 N–H and O–H groups in total. The van der Waals surface area contributed by atoms with E-state index in [1.807, 2.05) is 18.2 Å². The molecule has 0 spiro atoms. The van der Waals surface area contributed by atoms with E-state index in [0.29, 0.717) is 31.1 Å². The third kappa shape index (κ3) is 3.33. The number of benzene rings is 1. The molecule has 2 heterocycles. The van der Waals surface area contributed by atoms with Crippen molar-refractivity contribution in [1.29, 1.82) is 5.41 Å². The fourth-order valence-electron chi connectivity index (χ4n) is 2.26. The molecule has 0 amide bonds. The first-order valence-corrected chi connectivity index (χ1v) is 7.14. The Balaban J connectivity index is 1.78. The third-order valence-corrected chi connectivity index (χ3v) is 3.33. The summed E-state index contributed by atoms with van der Waals surface area (Å²) in [7, 11) is 0. The molecular weight excluding hydrogens is 272 g/mol. The Morgan fingerprint density at radius 3 is 2.86 bits per heavy atom. The normalized spacial score (nSPS) is 21.7. The van der Waals surface area contributed by atoms with E-state index in [1.165, 1.54) is 0 Å². The van der Waals surface area contributed by atoms with Gasteiger partial charge in [-0.25, -0.2) is 0 Å². The first-order chi connectivity index (χ1) is 10.3. The Kier molecular flexibility index (Phi) is 4.35. The Bertz CT molecular complexity index is 538. The summed E-state index contributed by atoms with van der Waals surface area (Å²) in [6.45, 7) is 1.52. The highest BCUT2D eigenvalue weighted by molar-refractivity contribution is 6.44. The molecule has 1 aromatic rings. The van der Waals surface area contributed by atoms with Crippen molar-refractivity contribution in [2.75, 3.05) is 19.8 Å². The van der Waals surface area contributed by atoms with Crippen LogP contribution in [0.25, 0.3) is 0 Å². The number of rotatable bonds is 4. The van der Waals surface area contributed by atoms with Crippen molar-refractivity contribution in [3.05, 3.63) is 29.8 Å². The highest BCUT2D eigenvalue weighted by Crippen LogP contribution is 2.24. The number of oxime groups is 1. The van der Waals surface area contributed by atoms with Crippen molar-refractivity contribution < 1.29 is 19.0 Å². The van der Waals surface area contributed by atoms with Crippen LogP contribution in [0.4, 0.5) is 0 Å². The van der Waals surface area contributed by atoms with Crippen molar-refractivity contribution >= 4 is 11.6 Å². The van der Waals surface area contributed by atoms with Gasteiger partial charge in [0.15, 0.2) is 12.9 Å². The fourth-order valence-corrected chi connectivity index (χ4v) is 2.26. The Hall–Kier alpha value is -2.08. The number of nitrogens with one attached hydrogen (secondary N) is 1. The molecule has 0 radical (unpaired) electrons. The zero-order valence-corrected chi connectivity index (χ0v) is 11.7. The van der Waals surface area contributed by atoms with Gasteiger partial charge in [0.25, 0.3) is 5.90 Å². The quantitative estimate of drug-likeness (QED) is 0.864. The zero-order valence-electron chi connectivity index (χ0n) is 11.7. The topological polar surface area (TPSA) is 73.1 Å². The minimum atomic E-state index is -0.252. The summed E-state index contributed by atoms with van der Waals surface area (Å²) >= 11 is 0. The molecule has 0 aromatic heterocycles. The van der Waals surface area contributed by atoms with Crippen molar-refractivity contribution in [3.63, 3.8) is 0 Å². The second-order valence-electron chi connectivity index (χ2n) is 4.86. The van der Waals surface area contributed by atoms with Crippen LogP contribution in [0.15, 0.2) is 29.4 Å². The summed E-state index contributed by atoms with van der Waals surface area (Å²) < 4.78 is 16.8. The van der Waals surface area contributed by atoms with E-state index < -0.39 is 0 Å². The number of ether oxygens (including phenoxy) is 3. The average Bonchev–Trinajstić information content (AvgIpc) is 2.56. The number of para-hydroxylation sites is 1. The summed E-state index contributed by atoms with van der Waals surface area (Å²) in [4.78, 5) is 4.97. The summed E-state index contributed by atoms with van der Waals surface area (Å²) in [6, 6.07) is 7.35. The molecule has 0 aliphatic carbocycles. The molecule has 0 saturated carbocycles. The van der Waals surface area contributed by atoms with Gasteiger partial charge < -0.3 is 19.0 Å². The maximum absolute atomic E-state index is 8.23. The summed E-state index contributed by atoms with van der Waals surface area (Å²) in [6.07, 6.45) is 2.77. The Morgan fingerprint density at radius 1 is 1.19 bits per heavy atom. The van der Waals surface area contributed by atoms with Gasteiger partial charge in [-0.05, 0) is 30.1 Å². The van der Waals surface area contributed by atoms with Gasteiger partial charge in [-0.15, -0.1) is 0 Å². The minimum Gasteiger partial charge on any atom is -0.470 e. The minimum absolute atomic E-state index is 0.154. The summed E-state index contributed by atoms with van der Waals surface area (Å²) in [5.74, 6) is 0.785. The van der Waals surface area contributed by atoms with Crippen molar-refractivity contribution in [2.24, 2.45) is 5.16 Å². The zero-order chi connectivity index (χ0) is 14.5. The smallest absolute Gasteiger partial charge is 0.276 e. The molecule has 6 nitrogen and oxygen atoms in total. The molecule has 6 heteroatoms. The number of nitrogens with zero attached hydrogens (tertiary/aromatic N) is 1. The molecule has 1 fully saturated rings. The lowest BCUT2D eigenvalue weighted by atomic mass is 10.1. The van der Waals surface area contributed by atoms with Crippen LogP contribution < -0.4 is 4.74 Å². The SMILES string of the molecule is N=C(C1=NOCCO1)c1ccccc1OC1CCCCO1. The van der Waals surface area contributed by atoms with Crippen LogP contribution in [0.2, 0.25) is 0 Å². The van der Waals surface area contributed by atoms with E-state index in [4.69, 9.17) is 24.5 Å². The third-order valence-electron chi connectivity index (χ3n) is 3.33. The van der Waals surface area contributed by atoms with Gasteiger partial charge >= 0.3 is 0 Å². The van der Waals surface area contributed by atoms with Crippen LogP contribution in [-0.2, 0) is 14.3 Å². The van der Waals surface area contributed by atoms with E-state index in [2.05, 4.69) is 5.16 Å². The van der Waals surface area contributed by atoms with Crippen LogP contribution in [0.5, 0.6) is 5.75 Å². The maximum atomic E-state index is 8.23. The molecule has 21 heavy (non-hydrogen) atoms. The Labute approximate surface area is 123 Å². The molecule has 1 saturated heterocycles. The molecule has 1 aromatic carbocycles. The predicted octanol–water partition coefficient (Wildman–Crippen LogP) is 2.32. The highest BCUT2D eigenvalue weighted by atomic mass is 16.7. The van der Waals surface area contributed by atoms with Gasteiger partial charge in [0.05, 0.1) is 6.61 Å². The van der Waals surface area contributed by atoms with Gasteiger partial charge in [0, 0.05) is 12.0 Å². The van der Waals surface area contributed by atoms with Crippen molar-refractivity contribution in [2.45, 2.75) is 25.6 Å². The molecule has 2 aliphatic heterocycles. The van der Waals surface area contributed by atoms with Gasteiger partial charge in [-0.3, -0.25) is 5.41 Å². The largest absolute Gasteiger partial charge is 0.470 e. The van der Waals surface area contributed by atoms with E-state index in [-0.39, 0.29) is 17.9 Å². The predicted molar refractivity (Wildman–Crippen MR) is 76.8 cm³/mol. The molecular formula is C15H18N2O4. The molecule has 3 rings (SSSR count). The van der Waals surface area contributed by atoms with Gasteiger partial charge in [0.2, 0.25) is 0 Å². The van der Waals surface area contributed by atoms with Crippen molar-refractivity contribution in [1.82, 2.24) is 0 Å². The number of hydrogen-bond acceptors (Lipinski definition) is 6. The molecule has 1 atom stereocenters. The van der Waals surface area contributed by atoms with E-state index in [9.17, 15) is 0 Å². The monoisotopic (exact) mass is 290 g/mol. The molecule has 1 unspecified atom stereocenters. The average molecular weight is 290 g/mol. The van der Waals surface area contributed by atoms with Crippen molar-refractivity contribution in [3.8, 4) is 5.75 Å². The Morgan fingerprint density at radius 2 is 2.10 bits per heavy atom. The molecule has 112 valence electrons. The van der Waals surface area contributed by atoms with E-state index >= 15 is 0 Å². The first-order valence-electron chi connectivity index (χ1n) is 7.14. The van der Waals surface area contributed by atoms with Gasteiger partial charge in [-0.2, -0.15) is 0 Å². The second-order valence-corrected chi connectivity index (χ2v) is 4.86. The van der Waals surface area contributed by atoms with Crippen LogP contribution in [0.1, 0.15) is 24.8 Å². The summed E-state index contributed by atoms with van der Waals surface area (Å²) in [5, 5.41) is 12.0. The number of hydrogen-bond donors (Lipinski definition) is 1. The molecule has 2 aliphatic rings. The lowest BCUT2D eigenvalue weighted by Gasteiger charge is -2.24. The van der Waals surface area contributed by atoms with Crippen LogP contribution in [-0.4, -0.2) is 37.7 Å². The van der Waals surface area contributed by atoms with E-state index in [0.717, 1.165) is 19.3 Å².